The summed E-state index contributed by atoms with van der Waals surface area (Å²) in [6.45, 7) is 4.35. The first-order chi connectivity index (χ1) is 21.6. The van der Waals surface area contributed by atoms with Gasteiger partial charge in [0.2, 0.25) is 11.9 Å². The van der Waals surface area contributed by atoms with Crippen LogP contribution in [-0.2, 0) is 37.8 Å². The normalized spacial score (nSPS) is 14.4. The smallest absolute Gasteiger partial charge is 0.338 e. The number of aryl methyl sites for hydroxylation is 3. The molecule has 1 aromatic carbocycles. The van der Waals surface area contributed by atoms with Gasteiger partial charge in [0, 0.05) is 100 Å². The molecule has 14 heteroatoms. The average Bonchev–Trinajstić information content (AvgIpc) is 3.63. The Morgan fingerprint density at radius 3 is 2.56 bits per heavy atom. The molecule has 2 aliphatic rings. The first-order valence-corrected chi connectivity index (χ1v) is 14.9. The second kappa shape index (κ2) is 12.3. The van der Waals surface area contributed by atoms with Gasteiger partial charge in [-0.3, -0.25) is 14.2 Å². The maximum Gasteiger partial charge on any atom is 0.338 e. The number of carbonyl (C=O) groups excluding carboxylic acids is 1. The molecule has 45 heavy (non-hydrogen) atoms. The maximum absolute atomic E-state index is 14.5. The lowest BCUT2D eigenvalue weighted by molar-refractivity contribution is -0.129. The van der Waals surface area contributed by atoms with E-state index in [-0.39, 0.29) is 17.0 Å². The van der Waals surface area contributed by atoms with Gasteiger partial charge in [0.05, 0.1) is 18.3 Å². The lowest BCUT2D eigenvalue weighted by atomic mass is 9.92. The number of nitrogens with zero attached hydrogens (tertiary/aromatic N) is 9. The molecule has 1 N–H and O–H groups in total. The fraction of sp³-hybridized carbons (Fsp3) is 0.419. The van der Waals surface area contributed by atoms with Crippen LogP contribution in [0.15, 0.2) is 36.9 Å². The summed E-state index contributed by atoms with van der Waals surface area (Å²) in [4.78, 5) is 37.5. The zero-order chi connectivity index (χ0) is 31.8. The molecule has 0 atom stereocenters. The molecule has 0 unspecified atom stereocenters. The third-order valence-corrected chi connectivity index (χ3v) is 8.52. The number of rotatable bonds is 9. The van der Waals surface area contributed by atoms with Gasteiger partial charge in [-0.15, -0.1) is 0 Å². The van der Waals surface area contributed by atoms with Crippen molar-refractivity contribution in [3.8, 4) is 11.1 Å². The number of anilines is 3. The number of hydrogen-bond acceptors (Lipinski definition) is 8. The van der Waals surface area contributed by atoms with Crippen LogP contribution in [0.2, 0.25) is 0 Å². The molecule has 0 saturated carbocycles. The number of carbonyl (C=O) groups is 2. The summed E-state index contributed by atoms with van der Waals surface area (Å²) in [5, 5.41) is 18.4. The Bertz CT molecular complexity index is 1730. The van der Waals surface area contributed by atoms with Crippen LogP contribution in [0.1, 0.15) is 58.9 Å². The molecule has 0 saturated heterocycles. The largest absolute Gasteiger partial charge is 0.478 e. The SMILES string of the molecule is CC(=O)N1CCc2c(c(N3CCCc4cc(-c5cnn(C)c5)c(C(F)F)cc43)nn2CCCN(C)c2ncc(C(=O)O)cn2)C1. The number of fused-ring (bicyclic) bond motifs is 2. The van der Waals surface area contributed by atoms with E-state index in [2.05, 4.69) is 15.1 Å². The highest BCUT2D eigenvalue weighted by molar-refractivity contribution is 5.86. The number of carboxylic acids is 1. The van der Waals surface area contributed by atoms with Gasteiger partial charge < -0.3 is 19.8 Å². The lowest BCUT2D eigenvalue weighted by Gasteiger charge is -2.33. The minimum atomic E-state index is -2.67. The lowest BCUT2D eigenvalue weighted by Crippen LogP contribution is -2.35. The molecule has 0 radical (unpaired) electrons. The Morgan fingerprint density at radius 2 is 1.89 bits per heavy atom. The average molecular weight is 620 g/mol. The zero-order valence-corrected chi connectivity index (χ0v) is 25.4. The van der Waals surface area contributed by atoms with Gasteiger partial charge in [-0.25, -0.2) is 23.5 Å². The number of benzene rings is 1. The molecule has 1 amide bonds. The predicted octanol–water partition coefficient (Wildman–Crippen LogP) is 4.22. The van der Waals surface area contributed by atoms with Crippen LogP contribution in [0, 0.1) is 0 Å². The molecule has 0 aliphatic carbocycles. The van der Waals surface area contributed by atoms with Crippen molar-refractivity contribution in [1.82, 2.24) is 34.4 Å². The number of hydrogen-bond donors (Lipinski definition) is 1. The Labute approximate surface area is 258 Å². The van der Waals surface area contributed by atoms with Crippen molar-refractivity contribution in [1.29, 1.82) is 0 Å². The van der Waals surface area contributed by atoms with E-state index in [1.165, 1.54) is 12.4 Å². The predicted molar refractivity (Wildman–Crippen MR) is 163 cm³/mol. The molecular formula is C31H35F2N9O3. The van der Waals surface area contributed by atoms with Crippen molar-refractivity contribution in [3.63, 3.8) is 0 Å². The fourth-order valence-electron chi connectivity index (χ4n) is 6.19. The van der Waals surface area contributed by atoms with Crippen molar-refractivity contribution >= 4 is 29.3 Å². The summed E-state index contributed by atoms with van der Waals surface area (Å²) in [5.41, 5.74) is 4.80. The van der Waals surface area contributed by atoms with Crippen LogP contribution in [0.3, 0.4) is 0 Å². The van der Waals surface area contributed by atoms with Crippen LogP contribution in [0.5, 0.6) is 0 Å². The van der Waals surface area contributed by atoms with E-state index in [4.69, 9.17) is 10.2 Å². The van der Waals surface area contributed by atoms with Gasteiger partial charge >= 0.3 is 5.97 Å². The molecule has 4 aromatic rings. The summed E-state index contributed by atoms with van der Waals surface area (Å²) in [6.07, 6.45) is 6.18. The Morgan fingerprint density at radius 1 is 1.11 bits per heavy atom. The summed E-state index contributed by atoms with van der Waals surface area (Å²) in [7, 11) is 3.61. The molecule has 2 aliphatic heterocycles. The highest BCUT2D eigenvalue weighted by atomic mass is 19.3. The highest BCUT2D eigenvalue weighted by Crippen LogP contribution is 2.42. The summed E-state index contributed by atoms with van der Waals surface area (Å²) in [6, 6.07) is 3.47. The Kier molecular flexibility index (Phi) is 8.21. The fourth-order valence-corrected chi connectivity index (χ4v) is 6.19. The van der Waals surface area contributed by atoms with E-state index in [0.717, 1.165) is 35.3 Å². The number of aromatic nitrogens is 6. The third-order valence-electron chi connectivity index (χ3n) is 8.52. The number of halogens is 2. The van der Waals surface area contributed by atoms with E-state index >= 15 is 0 Å². The van der Waals surface area contributed by atoms with Gasteiger partial charge in [-0.1, -0.05) is 0 Å². The van der Waals surface area contributed by atoms with Crippen molar-refractivity contribution < 1.29 is 23.5 Å². The van der Waals surface area contributed by atoms with Crippen molar-refractivity contribution in [2.24, 2.45) is 7.05 Å². The van der Waals surface area contributed by atoms with Gasteiger partial charge in [-0.2, -0.15) is 10.2 Å². The molecule has 5 heterocycles. The Balaban J connectivity index is 1.31. The van der Waals surface area contributed by atoms with Crippen LogP contribution in [0.25, 0.3) is 11.1 Å². The van der Waals surface area contributed by atoms with E-state index < -0.39 is 12.4 Å². The van der Waals surface area contributed by atoms with Crippen molar-refractivity contribution in [2.45, 2.75) is 52.1 Å². The molecule has 12 nitrogen and oxygen atoms in total. The van der Waals surface area contributed by atoms with Gasteiger partial charge in [0.1, 0.15) is 0 Å². The van der Waals surface area contributed by atoms with Crippen LogP contribution >= 0.6 is 0 Å². The second-order valence-electron chi connectivity index (χ2n) is 11.5. The number of aromatic carboxylic acids is 1. The quantitative estimate of drug-likeness (QED) is 0.293. The van der Waals surface area contributed by atoms with E-state index in [0.29, 0.717) is 68.5 Å². The number of carboxylic acid groups (broad SMARTS) is 1. The Hall–Kier alpha value is -4.88. The van der Waals surface area contributed by atoms with Gasteiger partial charge in [0.15, 0.2) is 5.82 Å². The second-order valence-corrected chi connectivity index (χ2v) is 11.5. The minimum absolute atomic E-state index is 0.0185. The highest BCUT2D eigenvalue weighted by Gasteiger charge is 2.32. The van der Waals surface area contributed by atoms with Crippen LogP contribution in [-0.4, -0.2) is 78.1 Å². The van der Waals surface area contributed by atoms with E-state index in [1.54, 1.807) is 42.0 Å². The standard InChI is InChI=1S/C31H35F2N9O3/c1-19(43)40-11-7-26-25(18-40)29(37-42(26)10-5-8-38(2)31-34-14-21(15-35-31)30(44)45)41-9-4-6-20-12-23(22-16-36-39(3)17-22)24(28(32)33)13-27(20)41/h12-17,28H,4-11,18H2,1-3H3,(H,44,45). The number of alkyl halides is 2. The molecule has 236 valence electrons. The van der Waals surface area contributed by atoms with Gasteiger partial charge in [-0.05, 0) is 42.5 Å². The molecule has 0 bridgehead atoms. The molecule has 0 fully saturated rings. The molecule has 6 rings (SSSR count). The van der Waals surface area contributed by atoms with Crippen molar-refractivity contribution in [2.75, 3.05) is 36.5 Å². The molecule has 3 aromatic heterocycles. The zero-order valence-electron chi connectivity index (χ0n) is 25.4. The monoisotopic (exact) mass is 619 g/mol. The maximum atomic E-state index is 14.5. The third kappa shape index (κ3) is 5.96. The minimum Gasteiger partial charge on any atom is -0.478 e. The van der Waals surface area contributed by atoms with Crippen LogP contribution < -0.4 is 9.80 Å². The molecule has 0 spiro atoms. The van der Waals surface area contributed by atoms with Gasteiger partial charge in [0.25, 0.3) is 6.43 Å². The first-order valence-electron chi connectivity index (χ1n) is 14.9. The summed E-state index contributed by atoms with van der Waals surface area (Å²) < 4.78 is 32.5. The number of amides is 1. The summed E-state index contributed by atoms with van der Waals surface area (Å²) in [5.74, 6) is 0.0235. The summed E-state index contributed by atoms with van der Waals surface area (Å²) >= 11 is 0. The van der Waals surface area contributed by atoms with Crippen LogP contribution in [0.4, 0.5) is 26.2 Å². The molecular weight excluding hydrogens is 584 g/mol. The van der Waals surface area contributed by atoms with E-state index in [9.17, 15) is 18.4 Å². The first kappa shape index (κ1) is 30.2. The van der Waals surface area contributed by atoms with E-state index in [1.807, 2.05) is 27.6 Å². The van der Waals surface area contributed by atoms with Crippen molar-refractivity contribution in [3.05, 3.63) is 64.9 Å². The topological polar surface area (TPSA) is 126 Å².